The second kappa shape index (κ2) is 29.8. The third kappa shape index (κ3) is 17.6. The largest absolute Gasteiger partial charge is 0.480 e. The zero-order valence-corrected chi connectivity index (χ0v) is 45.2. The van der Waals surface area contributed by atoms with Gasteiger partial charge in [-0.05, 0) is 55.5 Å². The van der Waals surface area contributed by atoms with Crippen LogP contribution in [0.25, 0.3) is 10.9 Å². The molecule has 24 heteroatoms. The van der Waals surface area contributed by atoms with E-state index in [-0.39, 0.29) is 49.3 Å². The molecule has 14 N–H and O–H groups in total. The molecule has 0 aliphatic carbocycles. The Labute approximate surface area is 464 Å². The Bertz CT molecular complexity index is 2900. The minimum atomic E-state index is -1.75. The maximum absolute atomic E-state index is 14.8. The van der Waals surface area contributed by atoms with Crippen molar-refractivity contribution >= 4 is 85.7 Å². The predicted octanol–water partition coefficient (Wildman–Crippen LogP) is 1.27. The molecule has 0 bridgehead atoms. The van der Waals surface area contributed by atoms with Crippen LogP contribution < -0.4 is 48.7 Å². The number of hydrogen-bond acceptors (Lipinski definition) is 14. The summed E-state index contributed by atoms with van der Waals surface area (Å²) in [6.45, 7) is 1.46. The number of aliphatic hydroxyl groups is 1. The number of fused-ring (bicyclic) bond motifs is 1. The molecule has 8 amide bonds. The third-order valence-corrected chi connectivity index (χ3v) is 15.4. The topological polar surface area (TPSA) is 349 Å². The van der Waals surface area contributed by atoms with Crippen LogP contribution in [0.3, 0.4) is 0 Å². The number of carboxylic acid groups (broad SMARTS) is 1. The molecule has 0 unspecified atom stereocenters. The van der Waals surface area contributed by atoms with Gasteiger partial charge in [-0.3, -0.25) is 33.6 Å². The van der Waals surface area contributed by atoms with Crippen LogP contribution in [0.4, 0.5) is 4.79 Å². The Morgan fingerprint density at radius 2 is 1.14 bits per heavy atom. The zero-order chi connectivity index (χ0) is 57.0. The number of nitrogens with zero attached hydrogens (tertiary/aromatic N) is 1. The fraction of sp³-hybridized carbons (Fsp3) is 0.364. The first kappa shape index (κ1) is 60.5. The van der Waals surface area contributed by atoms with Crippen LogP contribution in [0.15, 0.2) is 121 Å². The van der Waals surface area contributed by atoms with Gasteiger partial charge < -0.3 is 68.8 Å². The summed E-state index contributed by atoms with van der Waals surface area (Å²) in [4.78, 5) is 132. The molecule has 22 nitrogen and oxygen atoms in total. The number of aromatic nitrogens is 1. The third-order valence-electron chi connectivity index (χ3n) is 13.0. The molecule has 1 aliphatic rings. The van der Waals surface area contributed by atoms with E-state index in [0.717, 1.165) is 26.5 Å². The van der Waals surface area contributed by atoms with Gasteiger partial charge in [0.25, 0.3) is 0 Å². The normalized spacial score (nSPS) is 23.4. The number of carbonyl (C=O) groups is 9. The van der Waals surface area contributed by atoms with E-state index < -0.39 is 108 Å². The number of rotatable bonds is 14. The molecule has 6 rings (SSSR count). The second-order valence-corrected chi connectivity index (χ2v) is 21.5. The van der Waals surface area contributed by atoms with Gasteiger partial charge in [-0.15, -0.1) is 0 Å². The van der Waals surface area contributed by atoms with Crippen molar-refractivity contribution in [2.24, 2.45) is 11.5 Å². The zero-order valence-electron chi connectivity index (χ0n) is 43.6. The molecular weight excluding hydrogens is 1050 g/mol. The lowest BCUT2D eigenvalue weighted by molar-refractivity contribution is -0.141. The van der Waals surface area contributed by atoms with E-state index in [0.29, 0.717) is 40.4 Å². The summed E-state index contributed by atoms with van der Waals surface area (Å²) < 4.78 is 0. The number of amides is 8. The van der Waals surface area contributed by atoms with Crippen LogP contribution in [0.2, 0.25) is 0 Å². The minimum Gasteiger partial charge on any atom is -0.480 e. The van der Waals surface area contributed by atoms with Crippen molar-refractivity contribution in [3.8, 4) is 0 Å². The predicted molar refractivity (Wildman–Crippen MR) is 300 cm³/mol. The number of aliphatic carboxylic acids is 1. The van der Waals surface area contributed by atoms with E-state index in [1.165, 1.54) is 26.1 Å². The van der Waals surface area contributed by atoms with E-state index in [2.05, 4.69) is 42.2 Å². The summed E-state index contributed by atoms with van der Waals surface area (Å²) in [7, 11) is 3.24. The Hall–Kier alpha value is -7.77. The lowest BCUT2D eigenvalue weighted by atomic mass is 10.0. The van der Waals surface area contributed by atoms with Gasteiger partial charge in [0.15, 0.2) is 6.17 Å². The van der Waals surface area contributed by atoms with E-state index in [1.54, 1.807) is 103 Å². The summed E-state index contributed by atoms with van der Waals surface area (Å²) in [5, 5.41) is 40.3. The first-order valence-corrected chi connectivity index (χ1v) is 28.1. The highest BCUT2D eigenvalue weighted by molar-refractivity contribution is 8.76. The van der Waals surface area contributed by atoms with Gasteiger partial charge >= 0.3 is 12.0 Å². The van der Waals surface area contributed by atoms with Crippen molar-refractivity contribution in [2.45, 2.75) is 100 Å². The van der Waals surface area contributed by atoms with E-state index in [1.807, 2.05) is 6.07 Å². The number of nitrogens with one attached hydrogen (secondary N) is 8. The Balaban J connectivity index is 1.41. The highest BCUT2D eigenvalue weighted by Gasteiger charge is 2.38. The summed E-state index contributed by atoms with van der Waals surface area (Å²) in [6.07, 6.45) is -1.41. The van der Waals surface area contributed by atoms with Crippen molar-refractivity contribution in [3.63, 3.8) is 0 Å². The molecule has 1 fully saturated rings. The minimum absolute atomic E-state index is 0.0340. The molecule has 0 spiro atoms. The van der Waals surface area contributed by atoms with Crippen molar-refractivity contribution in [2.75, 3.05) is 25.1 Å². The molecule has 2 heterocycles. The standard InChI is InChI=1S/C55H67N11O11S2/c1-32(67)45-53(74)61-41(26-33-16-6-3-7-17-33)50(71)62-44(54(75)76)31-79-78-30-38(57)48(69)60-42(27-34-18-8-4-9-19-34)52(73)65-47(46(68)35-20-10-5-11-21-35)66(2)55(77)63-43(28-36-29-58-39-23-13-12-22-37(36)39)51(72)59-40(49(70)64-45)24-14-15-25-56/h3-13,16-23,29,32,38,40-45,47,58,67H,14-15,24-28,30-31,56-57H2,1-2H3,(H,59,72)(H,60,69)(H,61,74)(H,62,71)(H,63,77)(H,64,70)(H,65,73)(H,75,76)/t32-,38+,40+,41+,42+,43-,44+,45+,47+/m1/s1. The highest BCUT2D eigenvalue weighted by Crippen LogP contribution is 2.24. The van der Waals surface area contributed by atoms with Crippen LogP contribution in [-0.2, 0) is 52.8 Å². The van der Waals surface area contributed by atoms with Crippen molar-refractivity contribution in [3.05, 3.63) is 144 Å². The quantitative estimate of drug-likeness (QED) is 0.0423. The molecule has 4 aromatic carbocycles. The molecular formula is C55H67N11O11S2. The first-order chi connectivity index (χ1) is 37.9. The number of unbranched alkanes of at least 4 members (excludes halogenated alkanes) is 1. The number of H-pyrrole nitrogens is 1. The van der Waals surface area contributed by atoms with Crippen molar-refractivity contribution < 1.29 is 53.4 Å². The monoisotopic (exact) mass is 1120 g/mol. The fourth-order valence-electron chi connectivity index (χ4n) is 8.54. The first-order valence-electron chi connectivity index (χ1n) is 25.6. The van der Waals surface area contributed by atoms with E-state index in [4.69, 9.17) is 11.5 Å². The number of benzene rings is 4. The Morgan fingerprint density at radius 1 is 0.620 bits per heavy atom. The Morgan fingerprint density at radius 3 is 1.75 bits per heavy atom. The van der Waals surface area contributed by atoms with Gasteiger partial charge in [-0.2, -0.15) is 0 Å². The molecule has 9 atom stereocenters. The van der Waals surface area contributed by atoms with E-state index in [9.17, 15) is 53.4 Å². The van der Waals surface area contributed by atoms with Gasteiger partial charge in [0.2, 0.25) is 41.2 Å². The lowest BCUT2D eigenvalue weighted by Crippen LogP contribution is -2.63. The molecule has 0 saturated carbocycles. The molecule has 79 heavy (non-hydrogen) atoms. The van der Waals surface area contributed by atoms with Crippen LogP contribution in [0, 0.1) is 0 Å². The van der Waals surface area contributed by atoms with Crippen molar-refractivity contribution in [1.29, 1.82) is 0 Å². The summed E-state index contributed by atoms with van der Waals surface area (Å²) in [5.74, 6) is -7.88. The van der Waals surface area contributed by atoms with Crippen molar-refractivity contribution in [1.82, 2.24) is 47.1 Å². The average Bonchev–Trinajstić information content (AvgIpc) is 3.85. The van der Waals surface area contributed by atoms with Crippen LogP contribution in [-0.4, -0.2) is 153 Å². The maximum atomic E-state index is 14.8. The molecule has 1 saturated heterocycles. The fourth-order valence-corrected chi connectivity index (χ4v) is 10.8. The number of aliphatic hydroxyl groups excluding tert-OH is 1. The van der Waals surface area contributed by atoms with Crippen LogP contribution >= 0.6 is 21.6 Å². The lowest BCUT2D eigenvalue weighted by Gasteiger charge is -2.32. The number of nitrogens with two attached hydrogens (primary N) is 2. The average molecular weight is 1120 g/mol. The van der Waals surface area contributed by atoms with Gasteiger partial charge in [0, 0.05) is 60.5 Å². The number of carboxylic acids is 1. The van der Waals surface area contributed by atoms with Crippen LogP contribution in [0.5, 0.6) is 0 Å². The number of Topliss-reactive ketones (excluding diaryl/α,β-unsaturated/α-hetero) is 1. The molecule has 1 aliphatic heterocycles. The number of carbonyl (C=O) groups excluding carboxylic acids is 8. The number of urea groups is 1. The van der Waals surface area contributed by atoms with Gasteiger partial charge in [-0.25, -0.2) is 9.59 Å². The Kier molecular flexibility index (Phi) is 22.8. The highest BCUT2D eigenvalue weighted by atomic mass is 33.1. The summed E-state index contributed by atoms with van der Waals surface area (Å²) in [5.41, 5.74) is 14.8. The number of hydrogen-bond donors (Lipinski definition) is 12. The summed E-state index contributed by atoms with van der Waals surface area (Å²) in [6, 6.07) is 21.0. The number of aromatic amines is 1. The van der Waals surface area contributed by atoms with E-state index >= 15 is 0 Å². The number of likely N-dealkylation sites (N-methyl/N-ethyl adjacent to an activating group) is 1. The van der Waals surface area contributed by atoms with Gasteiger partial charge in [0.05, 0.1) is 12.1 Å². The summed E-state index contributed by atoms with van der Waals surface area (Å²) >= 11 is 0. The van der Waals surface area contributed by atoms with Gasteiger partial charge in [0.1, 0.15) is 36.3 Å². The molecule has 5 aromatic rings. The smallest absolute Gasteiger partial charge is 0.327 e. The maximum Gasteiger partial charge on any atom is 0.327 e. The van der Waals surface area contributed by atoms with Crippen LogP contribution in [0.1, 0.15) is 53.2 Å². The number of ketones is 1. The van der Waals surface area contributed by atoms with Gasteiger partial charge in [-0.1, -0.05) is 131 Å². The second-order valence-electron chi connectivity index (χ2n) is 19.0. The molecule has 0 radical (unpaired) electrons. The molecule has 1 aromatic heterocycles. The number of para-hydroxylation sites is 1. The SMILES string of the molecule is C[C@@H](O)[C@@H]1NC(=O)[C@H](CCCCN)NC(=O)[C@@H](Cc2c[nH]c3ccccc23)NC(=O)N(C)[C@@H](C(=O)c2ccccc2)NC(=O)[C@H](Cc2ccccc2)NC(=O)[C@@H](N)CSSC[C@@H](C(=O)O)NC(=O)[C@H](Cc2ccccc2)NC1=O. The molecule has 420 valence electrons.